The maximum atomic E-state index is 12.2. The summed E-state index contributed by atoms with van der Waals surface area (Å²) >= 11 is 0. The van der Waals surface area contributed by atoms with E-state index in [0.29, 0.717) is 12.8 Å². The van der Waals surface area contributed by atoms with Crippen molar-refractivity contribution >= 4 is 0 Å². The maximum Gasteiger partial charge on any atom is 0.434 e. The number of aromatic nitrogens is 2. The van der Waals surface area contributed by atoms with E-state index in [1.165, 1.54) is 0 Å². The summed E-state index contributed by atoms with van der Waals surface area (Å²) in [5.74, 6) is 0.0859. The van der Waals surface area contributed by atoms with Gasteiger partial charge in [0.2, 0.25) is 5.88 Å². The monoisotopic (exact) mass is 249 g/mol. The van der Waals surface area contributed by atoms with Gasteiger partial charge in [-0.2, -0.15) is 13.2 Å². The first-order chi connectivity index (χ1) is 7.93. The van der Waals surface area contributed by atoms with E-state index in [0.717, 1.165) is 12.7 Å². The van der Waals surface area contributed by atoms with E-state index in [4.69, 9.17) is 4.74 Å². The highest BCUT2D eigenvalue weighted by molar-refractivity contribution is 5.09. The normalized spacial score (nSPS) is 13.5. The summed E-state index contributed by atoms with van der Waals surface area (Å²) in [5.41, 5.74) is -1.02. The molecule has 0 unspecified atom stereocenters. The van der Waals surface area contributed by atoms with Crippen LogP contribution in [0.3, 0.4) is 0 Å². The number of rotatable bonds is 5. The van der Waals surface area contributed by atoms with Gasteiger partial charge in [0.15, 0.2) is 5.69 Å². The third kappa shape index (κ3) is 4.56. The van der Waals surface area contributed by atoms with E-state index in [-0.39, 0.29) is 11.9 Å². The largest absolute Gasteiger partial charge is 0.475 e. The quantitative estimate of drug-likeness (QED) is 0.865. The van der Waals surface area contributed by atoms with Gasteiger partial charge in [-0.05, 0) is 13.5 Å². The molecule has 1 atom stereocenters. The van der Waals surface area contributed by atoms with E-state index in [2.05, 4.69) is 15.3 Å². The molecule has 0 spiro atoms. The van der Waals surface area contributed by atoms with Crippen LogP contribution in [0.1, 0.15) is 19.5 Å². The fourth-order valence-electron chi connectivity index (χ4n) is 1.15. The van der Waals surface area contributed by atoms with Crippen LogP contribution < -0.4 is 10.1 Å². The van der Waals surface area contributed by atoms with Gasteiger partial charge in [0, 0.05) is 6.04 Å². The molecule has 1 N–H and O–H groups in total. The zero-order valence-corrected chi connectivity index (χ0v) is 9.58. The molecule has 4 nitrogen and oxygen atoms in total. The second-order valence-corrected chi connectivity index (χ2v) is 3.51. The highest BCUT2D eigenvalue weighted by atomic mass is 19.4. The topological polar surface area (TPSA) is 47.0 Å². The summed E-state index contributed by atoms with van der Waals surface area (Å²) in [4.78, 5) is 6.79. The lowest BCUT2D eigenvalue weighted by Crippen LogP contribution is -2.31. The SMILES string of the molecule is CCN[C@@H](C)COc1cnc(C(F)(F)F)cn1. The van der Waals surface area contributed by atoms with Crippen molar-refractivity contribution in [1.82, 2.24) is 15.3 Å². The molecule has 0 aliphatic rings. The molecule has 7 heteroatoms. The summed E-state index contributed by atoms with van der Waals surface area (Å²) < 4.78 is 41.7. The van der Waals surface area contributed by atoms with Gasteiger partial charge in [-0.3, -0.25) is 0 Å². The number of nitrogens with one attached hydrogen (secondary N) is 1. The van der Waals surface area contributed by atoms with Gasteiger partial charge >= 0.3 is 6.18 Å². The standard InChI is InChI=1S/C10H14F3N3O/c1-3-14-7(2)6-17-9-5-15-8(4-16-9)10(11,12)13/h4-5,7,14H,3,6H2,1-2H3/t7-/m0/s1. The third-order valence-corrected chi connectivity index (χ3v) is 1.95. The van der Waals surface area contributed by atoms with Gasteiger partial charge in [-0.25, -0.2) is 9.97 Å². The number of ether oxygens (including phenoxy) is 1. The van der Waals surface area contributed by atoms with Crippen molar-refractivity contribution in [3.05, 3.63) is 18.1 Å². The van der Waals surface area contributed by atoms with Crippen molar-refractivity contribution in [3.63, 3.8) is 0 Å². The Labute approximate surface area is 97.2 Å². The van der Waals surface area contributed by atoms with Gasteiger partial charge in [0.25, 0.3) is 0 Å². The molecule has 0 saturated heterocycles. The predicted molar refractivity (Wildman–Crippen MR) is 55.7 cm³/mol. The predicted octanol–water partition coefficient (Wildman–Crippen LogP) is 1.87. The van der Waals surface area contributed by atoms with Crippen molar-refractivity contribution < 1.29 is 17.9 Å². The number of hydrogen-bond donors (Lipinski definition) is 1. The van der Waals surface area contributed by atoms with Crippen LogP contribution in [-0.2, 0) is 6.18 Å². The van der Waals surface area contributed by atoms with E-state index in [9.17, 15) is 13.2 Å². The molecule has 0 amide bonds. The molecule has 1 rings (SSSR count). The molecular formula is C10H14F3N3O. The summed E-state index contributed by atoms with van der Waals surface area (Å²) in [6.45, 7) is 4.98. The van der Waals surface area contributed by atoms with Gasteiger partial charge in [-0.1, -0.05) is 6.92 Å². The first kappa shape index (κ1) is 13.7. The van der Waals surface area contributed by atoms with Crippen molar-refractivity contribution in [2.24, 2.45) is 0 Å². The van der Waals surface area contributed by atoms with Gasteiger partial charge in [-0.15, -0.1) is 0 Å². The van der Waals surface area contributed by atoms with Gasteiger partial charge < -0.3 is 10.1 Å². The molecule has 0 saturated carbocycles. The molecular weight excluding hydrogens is 235 g/mol. The zero-order valence-electron chi connectivity index (χ0n) is 9.58. The average molecular weight is 249 g/mol. The summed E-state index contributed by atoms with van der Waals surface area (Å²) in [6, 6.07) is 0.101. The Balaban J connectivity index is 2.51. The molecule has 96 valence electrons. The smallest absolute Gasteiger partial charge is 0.434 e. The van der Waals surface area contributed by atoms with Crippen molar-refractivity contribution in [2.45, 2.75) is 26.1 Å². The minimum Gasteiger partial charge on any atom is -0.475 e. The molecule has 17 heavy (non-hydrogen) atoms. The number of halogens is 3. The fourth-order valence-corrected chi connectivity index (χ4v) is 1.15. The number of nitrogens with zero attached hydrogens (tertiary/aromatic N) is 2. The number of likely N-dealkylation sites (N-methyl/N-ethyl adjacent to an activating group) is 1. The van der Waals surface area contributed by atoms with Crippen LogP contribution in [0.5, 0.6) is 5.88 Å². The van der Waals surface area contributed by atoms with Crippen LogP contribution in [0, 0.1) is 0 Å². The van der Waals surface area contributed by atoms with Crippen LogP contribution in [0.15, 0.2) is 12.4 Å². The Hall–Kier alpha value is -1.37. The van der Waals surface area contributed by atoms with E-state index >= 15 is 0 Å². The summed E-state index contributed by atoms with van der Waals surface area (Å²) in [5, 5.41) is 3.10. The minimum atomic E-state index is -4.47. The second kappa shape index (κ2) is 5.81. The Kier molecular flexibility index (Phi) is 4.68. The molecule has 0 aromatic carbocycles. The van der Waals surface area contributed by atoms with Crippen LogP contribution in [0.25, 0.3) is 0 Å². The Morgan fingerprint density at radius 2 is 2.06 bits per heavy atom. The van der Waals surface area contributed by atoms with E-state index < -0.39 is 11.9 Å². The third-order valence-electron chi connectivity index (χ3n) is 1.95. The summed E-state index contributed by atoms with van der Waals surface area (Å²) in [7, 11) is 0. The highest BCUT2D eigenvalue weighted by Crippen LogP contribution is 2.27. The molecule has 1 aromatic rings. The second-order valence-electron chi connectivity index (χ2n) is 3.51. The lowest BCUT2D eigenvalue weighted by Gasteiger charge is -2.13. The highest BCUT2D eigenvalue weighted by Gasteiger charge is 2.32. The Morgan fingerprint density at radius 3 is 2.53 bits per heavy atom. The van der Waals surface area contributed by atoms with Crippen molar-refractivity contribution in [1.29, 1.82) is 0 Å². The van der Waals surface area contributed by atoms with Crippen LogP contribution in [0.4, 0.5) is 13.2 Å². The van der Waals surface area contributed by atoms with E-state index in [1.807, 2.05) is 13.8 Å². The molecule has 0 fully saturated rings. The summed E-state index contributed by atoms with van der Waals surface area (Å²) in [6.07, 6.45) is -2.84. The van der Waals surface area contributed by atoms with Crippen molar-refractivity contribution in [2.75, 3.05) is 13.2 Å². The Bertz CT molecular complexity index is 340. The van der Waals surface area contributed by atoms with Crippen LogP contribution in [0.2, 0.25) is 0 Å². The first-order valence-electron chi connectivity index (χ1n) is 5.19. The fraction of sp³-hybridized carbons (Fsp3) is 0.600. The number of alkyl halides is 3. The molecule has 0 bridgehead atoms. The lowest BCUT2D eigenvalue weighted by molar-refractivity contribution is -0.141. The van der Waals surface area contributed by atoms with Gasteiger partial charge in [0.05, 0.1) is 12.4 Å². The van der Waals surface area contributed by atoms with Crippen LogP contribution in [-0.4, -0.2) is 29.2 Å². The van der Waals surface area contributed by atoms with E-state index in [1.54, 1.807) is 0 Å². The lowest BCUT2D eigenvalue weighted by atomic mass is 10.3. The zero-order chi connectivity index (χ0) is 12.9. The maximum absolute atomic E-state index is 12.2. The molecule has 0 radical (unpaired) electrons. The Morgan fingerprint density at radius 1 is 1.35 bits per heavy atom. The average Bonchev–Trinajstić information content (AvgIpc) is 2.26. The first-order valence-corrected chi connectivity index (χ1v) is 5.19. The molecule has 1 heterocycles. The molecule has 0 aliphatic heterocycles. The minimum absolute atomic E-state index is 0.0859. The number of hydrogen-bond acceptors (Lipinski definition) is 4. The van der Waals surface area contributed by atoms with Gasteiger partial charge in [0.1, 0.15) is 6.61 Å². The van der Waals surface area contributed by atoms with Crippen molar-refractivity contribution in [3.8, 4) is 5.88 Å². The molecule has 0 aliphatic carbocycles. The van der Waals surface area contributed by atoms with Crippen LogP contribution >= 0.6 is 0 Å². The molecule has 1 aromatic heterocycles.